The number of imide groups is 1. The van der Waals surface area contributed by atoms with Crippen LogP contribution in [0.1, 0.15) is 80.4 Å². The SMILES string of the molecule is Cc1c(CCCCN2CCN(CC(=O)Nc3ccc4c(C5CCC(=O)NC5=O)nn(C)c4c3)CC2)cccc1-c1ccc(N2CCc3cccc(C(=O)Nc4nc5ccccc5s4)c3C2)nc1C(=O)O. The minimum Gasteiger partial charge on any atom is -0.476 e. The Balaban J connectivity index is 0.709. The number of anilines is 3. The van der Waals surface area contributed by atoms with Gasteiger partial charge in [-0.2, -0.15) is 5.10 Å². The molecule has 1 unspecified atom stereocenters. The first-order valence-corrected chi connectivity index (χ1v) is 24.7. The van der Waals surface area contributed by atoms with Crippen LogP contribution in [0.3, 0.4) is 0 Å². The van der Waals surface area contributed by atoms with Gasteiger partial charge in [-0.15, -0.1) is 0 Å². The lowest BCUT2D eigenvalue weighted by molar-refractivity contribution is -0.134. The number of rotatable bonds is 14. The largest absolute Gasteiger partial charge is 0.476 e. The molecule has 6 heterocycles. The molecule has 10 rings (SSSR count). The predicted molar refractivity (Wildman–Crippen MR) is 270 cm³/mol. The summed E-state index contributed by atoms with van der Waals surface area (Å²) in [7, 11) is 1.81. The van der Waals surface area contributed by atoms with E-state index in [4.69, 9.17) is 4.98 Å². The number of carboxylic acids is 1. The summed E-state index contributed by atoms with van der Waals surface area (Å²) in [5, 5.41) is 24.9. The lowest BCUT2D eigenvalue weighted by Crippen LogP contribution is -2.48. The third-order valence-corrected chi connectivity index (χ3v) is 14.9. The van der Waals surface area contributed by atoms with Crippen LogP contribution in [0, 0.1) is 6.92 Å². The van der Waals surface area contributed by atoms with Gasteiger partial charge in [-0.1, -0.05) is 53.8 Å². The van der Waals surface area contributed by atoms with Gasteiger partial charge in [0.2, 0.25) is 17.7 Å². The Hall–Kier alpha value is -7.34. The van der Waals surface area contributed by atoms with E-state index in [1.165, 1.54) is 16.9 Å². The van der Waals surface area contributed by atoms with Crippen LogP contribution < -0.4 is 20.9 Å². The number of nitrogens with one attached hydrogen (secondary N) is 3. The zero-order valence-corrected chi connectivity index (χ0v) is 40.0. The van der Waals surface area contributed by atoms with Gasteiger partial charge >= 0.3 is 5.97 Å². The Morgan fingerprint density at radius 3 is 2.47 bits per heavy atom. The monoisotopic (exact) mass is 958 g/mol. The Morgan fingerprint density at radius 2 is 1.66 bits per heavy atom. The number of piperidine rings is 1. The van der Waals surface area contributed by atoms with E-state index in [1.54, 1.807) is 4.68 Å². The number of amides is 4. The number of aromatic nitrogens is 4. The Kier molecular flexibility index (Phi) is 13.2. The molecule has 3 aliphatic heterocycles. The van der Waals surface area contributed by atoms with Gasteiger partial charge < -0.3 is 20.2 Å². The molecule has 0 spiro atoms. The molecule has 16 nitrogen and oxygen atoms in total. The molecule has 0 saturated carbocycles. The third kappa shape index (κ3) is 9.77. The van der Waals surface area contributed by atoms with Gasteiger partial charge in [-0.25, -0.2) is 14.8 Å². The van der Waals surface area contributed by atoms with Crippen molar-refractivity contribution in [2.75, 3.05) is 61.3 Å². The molecule has 4 amide bonds. The maximum atomic E-state index is 13.6. The van der Waals surface area contributed by atoms with E-state index in [0.717, 1.165) is 95.4 Å². The number of pyridine rings is 1. The summed E-state index contributed by atoms with van der Waals surface area (Å²) in [6.45, 7) is 7.67. The van der Waals surface area contributed by atoms with E-state index in [2.05, 4.69) is 48.8 Å². The van der Waals surface area contributed by atoms with Gasteiger partial charge in [0.1, 0.15) is 5.82 Å². The highest BCUT2D eigenvalue weighted by atomic mass is 32.1. The van der Waals surface area contributed by atoms with Crippen molar-refractivity contribution in [3.63, 3.8) is 0 Å². The van der Waals surface area contributed by atoms with Gasteiger partial charge in [0.05, 0.1) is 33.9 Å². The number of aromatic carboxylic acids is 1. The number of hydrogen-bond acceptors (Lipinski definition) is 12. The molecule has 2 saturated heterocycles. The molecule has 358 valence electrons. The van der Waals surface area contributed by atoms with Crippen LogP contribution >= 0.6 is 11.3 Å². The lowest BCUT2D eigenvalue weighted by Gasteiger charge is -2.34. The molecule has 4 aromatic carbocycles. The van der Waals surface area contributed by atoms with Crippen LogP contribution in [-0.2, 0) is 40.8 Å². The second kappa shape index (κ2) is 19.9. The van der Waals surface area contributed by atoms with Gasteiger partial charge in [-0.3, -0.25) is 39.4 Å². The summed E-state index contributed by atoms with van der Waals surface area (Å²) in [5.74, 6) is -1.95. The zero-order valence-electron chi connectivity index (χ0n) is 39.2. The van der Waals surface area contributed by atoms with Crippen molar-refractivity contribution in [1.29, 1.82) is 0 Å². The third-order valence-electron chi connectivity index (χ3n) is 13.9. The highest BCUT2D eigenvalue weighted by molar-refractivity contribution is 7.22. The van der Waals surface area contributed by atoms with Crippen molar-refractivity contribution in [1.82, 2.24) is 34.9 Å². The Labute approximate surface area is 408 Å². The number of unbranched alkanes of at least 4 members (excludes halogenated alkanes) is 1. The number of para-hydroxylation sites is 1. The van der Waals surface area contributed by atoms with Gasteiger partial charge in [0.15, 0.2) is 10.8 Å². The summed E-state index contributed by atoms with van der Waals surface area (Å²) < 4.78 is 2.70. The molecular formula is C53H54N10O6S. The molecule has 0 radical (unpaired) electrons. The first-order valence-electron chi connectivity index (χ1n) is 23.9. The number of aryl methyl sites for hydroxylation is 2. The van der Waals surface area contributed by atoms with Crippen LogP contribution in [0.15, 0.2) is 91.0 Å². The van der Waals surface area contributed by atoms with Crippen LogP contribution in [-0.4, -0.2) is 110 Å². The van der Waals surface area contributed by atoms with E-state index in [-0.39, 0.29) is 42.3 Å². The van der Waals surface area contributed by atoms with E-state index in [9.17, 15) is 29.1 Å². The first kappa shape index (κ1) is 46.4. The molecule has 70 heavy (non-hydrogen) atoms. The number of thiazole rings is 1. The van der Waals surface area contributed by atoms with Crippen LogP contribution in [0.5, 0.6) is 0 Å². The van der Waals surface area contributed by atoms with Gasteiger partial charge in [-0.05, 0) is 122 Å². The molecule has 3 aromatic heterocycles. The molecular weight excluding hydrogens is 905 g/mol. The van der Waals surface area contributed by atoms with Crippen molar-refractivity contribution in [3.8, 4) is 11.1 Å². The van der Waals surface area contributed by atoms with E-state index < -0.39 is 11.9 Å². The molecule has 0 aliphatic carbocycles. The van der Waals surface area contributed by atoms with Crippen molar-refractivity contribution in [2.45, 2.75) is 57.9 Å². The number of fused-ring (bicyclic) bond motifs is 3. The number of carboxylic acid groups (broad SMARTS) is 1. The van der Waals surface area contributed by atoms with E-state index in [1.807, 2.05) is 96.9 Å². The zero-order chi connectivity index (χ0) is 48.5. The standard InChI is InChI=1S/C53H54N10O6S/c1-32-33(9-5-6-23-61-25-27-62(28-26-61)31-47(65)54-35-16-17-39-43(29-35)60(2)59-48(39)40-19-21-46(64)57-51(40)67)10-7-12-36(32)37-18-20-45(56-49(37)52(68)69)63-24-22-34-11-8-13-38(41(34)30-63)50(66)58-53-55-42-14-3-4-15-44(42)70-53/h3-4,7-8,10-18,20,29,40H,5-6,9,19,21-28,30-31H2,1-2H3,(H,54,65)(H,68,69)(H,55,58,66)(H,57,64,67). The lowest BCUT2D eigenvalue weighted by atomic mass is 9.92. The average molecular weight is 959 g/mol. The smallest absolute Gasteiger partial charge is 0.355 e. The average Bonchev–Trinajstić information content (AvgIpc) is 3.92. The number of piperazine rings is 1. The molecule has 7 aromatic rings. The summed E-state index contributed by atoms with van der Waals surface area (Å²) in [5.41, 5.74) is 9.11. The Bertz CT molecular complexity index is 3160. The van der Waals surface area contributed by atoms with Crippen molar-refractivity contribution in [3.05, 3.63) is 130 Å². The number of nitrogens with zero attached hydrogens (tertiary/aromatic N) is 7. The maximum Gasteiger partial charge on any atom is 0.355 e. The molecule has 4 N–H and O–H groups in total. The molecule has 1 atom stereocenters. The molecule has 17 heteroatoms. The second-order valence-corrected chi connectivity index (χ2v) is 19.4. The number of carbonyl (C=O) groups excluding carboxylic acids is 4. The number of hydrogen-bond donors (Lipinski definition) is 4. The highest BCUT2D eigenvalue weighted by Crippen LogP contribution is 2.35. The van der Waals surface area contributed by atoms with Crippen molar-refractivity contribution < 1.29 is 29.1 Å². The normalized spacial score (nSPS) is 16.6. The van der Waals surface area contributed by atoms with Crippen molar-refractivity contribution >= 4 is 78.7 Å². The molecule has 2 fully saturated rings. The topological polar surface area (TPSA) is 195 Å². The van der Waals surface area contributed by atoms with Crippen LogP contribution in [0.25, 0.3) is 32.2 Å². The predicted octanol–water partition coefficient (Wildman–Crippen LogP) is 7.17. The van der Waals surface area contributed by atoms with Gasteiger partial charge in [0, 0.05) is 74.9 Å². The minimum atomic E-state index is -1.10. The summed E-state index contributed by atoms with van der Waals surface area (Å²) in [4.78, 5) is 79.8. The summed E-state index contributed by atoms with van der Waals surface area (Å²) in [6, 6.07) is 29.0. The van der Waals surface area contributed by atoms with Gasteiger partial charge in [0.25, 0.3) is 5.91 Å². The van der Waals surface area contributed by atoms with Crippen molar-refractivity contribution in [2.24, 2.45) is 7.05 Å². The number of carbonyl (C=O) groups is 5. The van der Waals surface area contributed by atoms with E-state index in [0.29, 0.717) is 59.4 Å². The highest BCUT2D eigenvalue weighted by Gasteiger charge is 2.32. The quantitative estimate of drug-likeness (QED) is 0.0636. The fourth-order valence-corrected chi connectivity index (χ4v) is 11.0. The van der Waals surface area contributed by atoms with Crippen LogP contribution in [0.4, 0.5) is 16.6 Å². The maximum absolute atomic E-state index is 13.6. The molecule has 0 bridgehead atoms. The minimum absolute atomic E-state index is 0.00432. The second-order valence-electron chi connectivity index (χ2n) is 18.4. The fourth-order valence-electron chi connectivity index (χ4n) is 10.1. The summed E-state index contributed by atoms with van der Waals surface area (Å²) >= 11 is 1.43. The summed E-state index contributed by atoms with van der Waals surface area (Å²) in [6.07, 6.45) is 4.23. The fraction of sp³-hybridized carbons (Fsp3) is 0.321. The first-order chi connectivity index (χ1) is 33.9. The van der Waals surface area contributed by atoms with Crippen LogP contribution in [0.2, 0.25) is 0 Å². The van der Waals surface area contributed by atoms with E-state index >= 15 is 0 Å². The Morgan fingerprint density at radius 1 is 0.843 bits per heavy atom. The molecule has 3 aliphatic rings. The number of benzene rings is 4.